The molecule has 0 atom stereocenters. The van der Waals surface area contributed by atoms with Gasteiger partial charge in [-0.1, -0.05) is 23.4 Å². The quantitative estimate of drug-likeness (QED) is 0.917. The molecule has 2 aromatic rings. The zero-order chi connectivity index (χ0) is 14.7. The number of rotatable bonds is 3. The predicted octanol–water partition coefficient (Wildman–Crippen LogP) is 1.09. The van der Waals surface area contributed by atoms with Crippen LogP contribution in [0.3, 0.4) is 0 Å². The van der Waals surface area contributed by atoms with Crippen LogP contribution >= 0.6 is 0 Å². The van der Waals surface area contributed by atoms with Crippen LogP contribution in [0.5, 0.6) is 0 Å². The number of carbonyl (C=O) groups is 1. The monoisotopic (exact) mass is 285 g/mol. The number of aromatic nitrogens is 3. The summed E-state index contributed by atoms with van der Waals surface area (Å²) in [5.74, 6) is -0.0657. The fourth-order valence-corrected chi connectivity index (χ4v) is 2.61. The first-order chi connectivity index (χ1) is 10.3. The average molecular weight is 285 g/mol. The van der Waals surface area contributed by atoms with Crippen LogP contribution in [-0.4, -0.2) is 52.0 Å². The summed E-state index contributed by atoms with van der Waals surface area (Å²) >= 11 is 0. The van der Waals surface area contributed by atoms with E-state index in [0.29, 0.717) is 5.69 Å². The zero-order valence-electron chi connectivity index (χ0n) is 12.1. The Bertz CT molecular complexity index is 604. The van der Waals surface area contributed by atoms with Crippen molar-refractivity contribution in [1.29, 1.82) is 0 Å². The van der Waals surface area contributed by atoms with Gasteiger partial charge in [0.05, 0.1) is 11.9 Å². The number of benzene rings is 1. The lowest BCUT2D eigenvalue weighted by Crippen LogP contribution is -2.44. The van der Waals surface area contributed by atoms with Crippen molar-refractivity contribution >= 4 is 5.91 Å². The van der Waals surface area contributed by atoms with Gasteiger partial charge in [0.25, 0.3) is 5.91 Å². The van der Waals surface area contributed by atoms with Gasteiger partial charge in [-0.15, -0.1) is 5.10 Å². The van der Waals surface area contributed by atoms with Gasteiger partial charge in [0.2, 0.25) is 0 Å². The Hall–Kier alpha value is -2.21. The second-order valence-corrected chi connectivity index (χ2v) is 5.28. The van der Waals surface area contributed by atoms with E-state index in [1.54, 1.807) is 15.8 Å². The number of piperidine rings is 1. The van der Waals surface area contributed by atoms with Crippen LogP contribution in [0.2, 0.25) is 0 Å². The van der Waals surface area contributed by atoms with Crippen LogP contribution in [0.25, 0.3) is 5.69 Å². The van der Waals surface area contributed by atoms with Gasteiger partial charge in [0, 0.05) is 13.1 Å². The molecule has 1 N–H and O–H groups in total. The van der Waals surface area contributed by atoms with E-state index in [1.807, 2.05) is 37.4 Å². The number of hydrogen-bond acceptors (Lipinski definition) is 4. The Morgan fingerprint density at radius 2 is 2.00 bits per heavy atom. The molecule has 3 rings (SSSR count). The number of para-hydroxylation sites is 1. The lowest BCUT2D eigenvalue weighted by molar-refractivity contribution is 0.0697. The van der Waals surface area contributed by atoms with Crippen LogP contribution in [0.1, 0.15) is 23.3 Å². The second-order valence-electron chi connectivity index (χ2n) is 5.28. The molecule has 6 heteroatoms. The van der Waals surface area contributed by atoms with Crippen molar-refractivity contribution in [2.45, 2.75) is 18.9 Å². The normalized spacial score (nSPS) is 15.9. The number of amides is 1. The highest BCUT2D eigenvalue weighted by Gasteiger charge is 2.24. The highest BCUT2D eigenvalue weighted by molar-refractivity contribution is 5.92. The van der Waals surface area contributed by atoms with Crippen molar-refractivity contribution < 1.29 is 4.79 Å². The minimum absolute atomic E-state index is 0.0657. The minimum Gasteiger partial charge on any atom is -0.337 e. The average Bonchev–Trinajstić information content (AvgIpc) is 3.05. The first kappa shape index (κ1) is 13.8. The van der Waals surface area contributed by atoms with Crippen molar-refractivity contribution in [2.75, 3.05) is 20.1 Å². The van der Waals surface area contributed by atoms with Crippen LogP contribution in [-0.2, 0) is 0 Å². The summed E-state index contributed by atoms with van der Waals surface area (Å²) < 4.78 is 1.63. The molecule has 0 unspecified atom stereocenters. The predicted molar refractivity (Wildman–Crippen MR) is 79.3 cm³/mol. The molecule has 1 aromatic carbocycles. The third-order valence-electron chi connectivity index (χ3n) is 3.91. The molecule has 2 heterocycles. The molecule has 0 radical (unpaired) electrons. The third-order valence-corrected chi connectivity index (χ3v) is 3.91. The van der Waals surface area contributed by atoms with Crippen molar-refractivity contribution in [2.24, 2.45) is 0 Å². The van der Waals surface area contributed by atoms with Gasteiger partial charge >= 0.3 is 0 Å². The zero-order valence-corrected chi connectivity index (χ0v) is 12.1. The molecular formula is C15H19N5O. The van der Waals surface area contributed by atoms with E-state index >= 15 is 0 Å². The van der Waals surface area contributed by atoms with Gasteiger partial charge in [0.15, 0.2) is 5.69 Å². The van der Waals surface area contributed by atoms with Gasteiger partial charge in [0.1, 0.15) is 0 Å². The van der Waals surface area contributed by atoms with Gasteiger partial charge in [-0.3, -0.25) is 4.79 Å². The summed E-state index contributed by atoms with van der Waals surface area (Å²) in [7, 11) is 1.85. The fraction of sp³-hybridized carbons (Fsp3) is 0.400. The standard InChI is InChI=1S/C15H19N5O/c1-19(12-7-9-16-10-8-12)15(21)14-11-20(18-17-14)13-5-3-2-4-6-13/h2-6,11-12,16H,7-10H2,1H3. The van der Waals surface area contributed by atoms with Crippen molar-refractivity contribution in [1.82, 2.24) is 25.2 Å². The molecule has 0 aliphatic carbocycles. The minimum atomic E-state index is -0.0657. The van der Waals surface area contributed by atoms with Crippen molar-refractivity contribution in [3.63, 3.8) is 0 Å². The number of nitrogens with one attached hydrogen (secondary N) is 1. The molecule has 6 nitrogen and oxygen atoms in total. The molecule has 1 aliphatic rings. The summed E-state index contributed by atoms with van der Waals surface area (Å²) in [6, 6.07) is 9.94. The van der Waals surface area contributed by atoms with Gasteiger partial charge in [-0.25, -0.2) is 4.68 Å². The van der Waals surface area contributed by atoms with Crippen molar-refractivity contribution in [3.8, 4) is 5.69 Å². The van der Waals surface area contributed by atoms with Crippen LogP contribution in [0.15, 0.2) is 36.5 Å². The van der Waals surface area contributed by atoms with Crippen LogP contribution in [0, 0.1) is 0 Å². The largest absolute Gasteiger partial charge is 0.337 e. The highest BCUT2D eigenvalue weighted by Crippen LogP contribution is 2.13. The molecule has 1 saturated heterocycles. The summed E-state index contributed by atoms with van der Waals surface area (Å²) in [5, 5.41) is 11.4. The summed E-state index contributed by atoms with van der Waals surface area (Å²) in [5.41, 5.74) is 1.29. The van der Waals surface area contributed by atoms with Gasteiger partial charge in [-0.05, 0) is 38.1 Å². The third kappa shape index (κ3) is 2.95. The first-order valence-corrected chi connectivity index (χ1v) is 7.21. The summed E-state index contributed by atoms with van der Waals surface area (Å²) in [4.78, 5) is 14.3. The van der Waals surface area contributed by atoms with Crippen molar-refractivity contribution in [3.05, 3.63) is 42.2 Å². The topological polar surface area (TPSA) is 63.1 Å². The number of hydrogen-bond donors (Lipinski definition) is 1. The maximum absolute atomic E-state index is 12.5. The lowest BCUT2D eigenvalue weighted by atomic mass is 10.1. The molecule has 1 fully saturated rings. The van der Waals surface area contributed by atoms with E-state index in [9.17, 15) is 4.79 Å². The molecule has 0 bridgehead atoms. The van der Waals surface area contributed by atoms with Gasteiger partial charge < -0.3 is 10.2 Å². The highest BCUT2D eigenvalue weighted by atomic mass is 16.2. The van der Waals surface area contributed by atoms with E-state index in [0.717, 1.165) is 31.6 Å². The molecular weight excluding hydrogens is 266 g/mol. The summed E-state index contributed by atoms with van der Waals surface area (Å²) in [6.07, 6.45) is 3.65. The Kier molecular flexibility index (Phi) is 3.96. The van der Waals surface area contributed by atoms with Gasteiger partial charge in [-0.2, -0.15) is 0 Å². The molecule has 21 heavy (non-hydrogen) atoms. The van der Waals surface area contributed by atoms with E-state index in [1.165, 1.54) is 0 Å². The van der Waals surface area contributed by atoms with E-state index in [4.69, 9.17) is 0 Å². The smallest absolute Gasteiger partial charge is 0.276 e. The number of carbonyl (C=O) groups excluding carboxylic acids is 1. The van der Waals surface area contributed by atoms with E-state index in [2.05, 4.69) is 15.6 Å². The number of nitrogens with zero attached hydrogens (tertiary/aromatic N) is 4. The lowest BCUT2D eigenvalue weighted by Gasteiger charge is -2.31. The van der Waals surface area contributed by atoms with E-state index in [-0.39, 0.29) is 11.9 Å². The van der Waals surface area contributed by atoms with E-state index < -0.39 is 0 Å². The second kappa shape index (κ2) is 6.05. The maximum atomic E-state index is 12.5. The molecule has 1 aromatic heterocycles. The fourth-order valence-electron chi connectivity index (χ4n) is 2.61. The Morgan fingerprint density at radius 3 is 2.71 bits per heavy atom. The van der Waals surface area contributed by atoms with Crippen LogP contribution < -0.4 is 5.32 Å². The Morgan fingerprint density at radius 1 is 1.29 bits per heavy atom. The molecule has 0 saturated carbocycles. The summed E-state index contributed by atoms with van der Waals surface area (Å²) in [6.45, 7) is 1.91. The molecule has 110 valence electrons. The maximum Gasteiger partial charge on any atom is 0.276 e. The molecule has 1 aliphatic heterocycles. The molecule has 0 spiro atoms. The van der Waals surface area contributed by atoms with Crippen LogP contribution in [0.4, 0.5) is 0 Å². The molecule has 1 amide bonds. The Balaban J connectivity index is 1.74. The SMILES string of the molecule is CN(C(=O)c1cn(-c2ccccc2)nn1)C1CCNCC1. The first-order valence-electron chi connectivity index (χ1n) is 7.21. The Labute approximate surface area is 123 Å².